The number of rotatable bonds is 5. The Morgan fingerprint density at radius 1 is 0.973 bits per heavy atom. The first-order valence-corrected chi connectivity index (χ1v) is 13.3. The third kappa shape index (κ3) is 6.51. The second kappa shape index (κ2) is 11.0. The normalized spacial score (nSPS) is 14.5. The molecule has 1 amide bonds. The molecule has 37 heavy (non-hydrogen) atoms. The Morgan fingerprint density at radius 3 is 2.24 bits per heavy atom. The second-order valence-corrected chi connectivity index (χ2v) is 11.4. The number of para-hydroxylation sites is 1. The Labute approximate surface area is 222 Å². The molecule has 4 rings (SSSR count). The fraction of sp³-hybridized carbons (Fsp3) is 0.438. The molecular weight excluding hydrogens is 458 g/mol. The molecular formula is C32H41N3O2. The largest absolute Gasteiger partial charge is 0.444 e. The van der Waals surface area contributed by atoms with Gasteiger partial charge in [0.2, 0.25) is 0 Å². The molecule has 196 valence electrons. The molecule has 0 bridgehead atoms. The highest BCUT2D eigenvalue weighted by Crippen LogP contribution is 2.30. The number of hydrogen-bond donors (Lipinski definition) is 0. The highest BCUT2D eigenvalue weighted by molar-refractivity contribution is 5.68. The number of pyridine rings is 1. The van der Waals surface area contributed by atoms with Crippen molar-refractivity contribution in [2.75, 3.05) is 18.0 Å². The van der Waals surface area contributed by atoms with E-state index in [9.17, 15) is 4.79 Å². The predicted octanol–water partition coefficient (Wildman–Crippen LogP) is 7.39. The molecule has 5 nitrogen and oxygen atoms in total. The van der Waals surface area contributed by atoms with Crippen LogP contribution in [0.1, 0.15) is 61.4 Å². The van der Waals surface area contributed by atoms with Crippen LogP contribution in [-0.4, -0.2) is 40.7 Å². The van der Waals surface area contributed by atoms with E-state index in [1.807, 2.05) is 31.9 Å². The van der Waals surface area contributed by atoms with Crippen LogP contribution in [0.15, 0.2) is 54.7 Å². The standard InChI is InChI=1S/C32H41N3O2/c1-22-10-8-9-11-30(22)35(28-13-16-34(17-14-28)31(36)37-32(5,6)7)21-26-12-15-33-29(20-26)27-18-23(2)25(4)24(3)19-27/h8-12,15,18-20,28H,13-14,16-17,21H2,1-7H3. The van der Waals surface area contributed by atoms with Gasteiger partial charge in [-0.15, -0.1) is 0 Å². The van der Waals surface area contributed by atoms with E-state index in [0.717, 1.165) is 30.6 Å². The first-order valence-electron chi connectivity index (χ1n) is 13.3. The Balaban J connectivity index is 1.57. The maximum absolute atomic E-state index is 12.6. The molecule has 0 aliphatic carbocycles. The molecule has 0 unspecified atom stereocenters. The third-order valence-electron chi connectivity index (χ3n) is 7.38. The van der Waals surface area contributed by atoms with Gasteiger partial charge in [-0.25, -0.2) is 4.79 Å². The van der Waals surface area contributed by atoms with E-state index in [-0.39, 0.29) is 6.09 Å². The van der Waals surface area contributed by atoms with Crippen LogP contribution < -0.4 is 4.90 Å². The van der Waals surface area contributed by atoms with E-state index >= 15 is 0 Å². The van der Waals surface area contributed by atoms with Crippen molar-refractivity contribution in [3.05, 3.63) is 82.5 Å². The SMILES string of the molecule is Cc1ccccc1N(Cc1ccnc(-c2cc(C)c(C)c(C)c2)c1)C1CCN(C(=O)OC(C)(C)C)CC1. The summed E-state index contributed by atoms with van der Waals surface area (Å²) in [4.78, 5) is 21.7. The summed E-state index contributed by atoms with van der Waals surface area (Å²) in [6, 6.07) is 17.7. The Kier molecular flexibility index (Phi) is 7.91. The quantitative estimate of drug-likeness (QED) is 0.367. The number of piperidine rings is 1. The molecule has 0 radical (unpaired) electrons. The first-order chi connectivity index (χ1) is 17.5. The highest BCUT2D eigenvalue weighted by atomic mass is 16.6. The van der Waals surface area contributed by atoms with Crippen molar-refractivity contribution in [2.24, 2.45) is 0 Å². The molecule has 3 aromatic rings. The van der Waals surface area contributed by atoms with Crippen LogP contribution in [-0.2, 0) is 11.3 Å². The van der Waals surface area contributed by atoms with Gasteiger partial charge >= 0.3 is 6.09 Å². The molecule has 0 saturated carbocycles. The minimum atomic E-state index is -0.477. The zero-order valence-corrected chi connectivity index (χ0v) is 23.5. The number of nitrogens with zero attached hydrogens (tertiary/aromatic N) is 3. The number of likely N-dealkylation sites (tertiary alicyclic amines) is 1. The van der Waals surface area contributed by atoms with Gasteiger partial charge in [0.25, 0.3) is 0 Å². The number of anilines is 1. The molecule has 2 heterocycles. The molecule has 1 aliphatic rings. The monoisotopic (exact) mass is 499 g/mol. The Hall–Kier alpha value is -3.34. The van der Waals surface area contributed by atoms with E-state index in [1.165, 1.54) is 33.5 Å². The molecule has 0 spiro atoms. The van der Waals surface area contributed by atoms with Crippen LogP contribution in [0.4, 0.5) is 10.5 Å². The third-order valence-corrected chi connectivity index (χ3v) is 7.38. The Morgan fingerprint density at radius 2 is 1.62 bits per heavy atom. The lowest BCUT2D eigenvalue weighted by molar-refractivity contribution is 0.0204. The van der Waals surface area contributed by atoms with E-state index in [4.69, 9.17) is 9.72 Å². The van der Waals surface area contributed by atoms with Crippen molar-refractivity contribution >= 4 is 11.8 Å². The molecule has 1 aromatic heterocycles. The molecule has 0 atom stereocenters. The molecule has 2 aromatic carbocycles. The van der Waals surface area contributed by atoms with Crippen LogP contribution in [0.5, 0.6) is 0 Å². The smallest absolute Gasteiger partial charge is 0.410 e. The second-order valence-electron chi connectivity index (χ2n) is 11.4. The van der Waals surface area contributed by atoms with Gasteiger partial charge in [0.1, 0.15) is 5.60 Å². The molecule has 1 fully saturated rings. The van der Waals surface area contributed by atoms with Crippen LogP contribution in [0.3, 0.4) is 0 Å². The fourth-order valence-electron chi connectivity index (χ4n) is 5.09. The van der Waals surface area contributed by atoms with Crippen molar-refractivity contribution in [3.8, 4) is 11.3 Å². The van der Waals surface area contributed by atoms with Gasteiger partial charge in [-0.2, -0.15) is 0 Å². The zero-order chi connectivity index (χ0) is 26.7. The minimum absolute atomic E-state index is 0.212. The number of hydrogen-bond acceptors (Lipinski definition) is 4. The summed E-state index contributed by atoms with van der Waals surface area (Å²) < 4.78 is 5.62. The first kappa shape index (κ1) is 26.7. The predicted molar refractivity (Wildman–Crippen MR) is 152 cm³/mol. The summed E-state index contributed by atoms with van der Waals surface area (Å²) in [6.45, 7) is 16.6. The lowest BCUT2D eigenvalue weighted by Crippen LogP contribution is -2.48. The molecule has 0 N–H and O–H groups in total. The average Bonchev–Trinajstić information content (AvgIpc) is 2.85. The lowest BCUT2D eigenvalue weighted by Gasteiger charge is -2.40. The van der Waals surface area contributed by atoms with E-state index in [1.54, 1.807) is 0 Å². The summed E-state index contributed by atoms with van der Waals surface area (Å²) in [6.07, 6.45) is 3.52. The molecule has 1 saturated heterocycles. The summed E-state index contributed by atoms with van der Waals surface area (Å²) >= 11 is 0. The topological polar surface area (TPSA) is 45.7 Å². The minimum Gasteiger partial charge on any atom is -0.444 e. The van der Waals surface area contributed by atoms with E-state index in [2.05, 4.69) is 81.1 Å². The van der Waals surface area contributed by atoms with Crippen molar-refractivity contribution in [1.29, 1.82) is 0 Å². The van der Waals surface area contributed by atoms with Crippen LogP contribution in [0, 0.1) is 27.7 Å². The van der Waals surface area contributed by atoms with Crippen molar-refractivity contribution in [2.45, 2.75) is 79.5 Å². The van der Waals surface area contributed by atoms with Crippen molar-refractivity contribution in [3.63, 3.8) is 0 Å². The average molecular weight is 500 g/mol. The van der Waals surface area contributed by atoms with Crippen LogP contribution in [0.25, 0.3) is 11.3 Å². The van der Waals surface area contributed by atoms with Gasteiger partial charge in [-0.05, 0) is 119 Å². The number of benzene rings is 2. The zero-order valence-electron chi connectivity index (χ0n) is 23.5. The van der Waals surface area contributed by atoms with Gasteiger partial charge in [0.15, 0.2) is 0 Å². The maximum Gasteiger partial charge on any atom is 0.410 e. The van der Waals surface area contributed by atoms with Gasteiger partial charge in [-0.1, -0.05) is 18.2 Å². The van der Waals surface area contributed by atoms with Crippen molar-refractivity contribution in [1.82, 2.24) is 9.88 Å². The fourth-order valence-corrected chi connectivity index (χ4v) is 5.09. The summed E-state index contributed by atoms with van der Waals surface area (Å²) in [5, 5.41) is 0. The number of aromatic nitrogens is 1. The maximum atomic E-state index is 12.6. The molecule has 5 heteroatoms. The Bertz CT molecular complexity index is 1230. The van der Waals surface area contributed by atoms with E-state index < -0.39 is 5.60 Å². The number of carbonyl (C=O) groups is 1. The lowest BCUT2D eigenvalue weighted by atomic mass is 9.97. The number of carbonyl (C=O) groups excluding carboxylic acids is 1. The van der Waals surface area contributed by atoms with Gasteiger partial charge in [0, 0.05) is 43.1 Å². The summed E-state index contributed by atoms with van der Waals surface area (Å²) in [5.41, 5.74) is 9.36. The molecule has 1 aliphatic heterocycles. The number of amides is 1. The van der Waals surface area contributed by atoms with Gasteiger partial charge in [-0.3, -0.25) is 4.98 Å². The van der Waals surface area contributed by atoms with Crippen molar-refractivity contribution < 1.29 is 9.53 Å². The highest BCUT2D eigenvalue weighted by Gasteiger charge is 2.30. The van der Waals surface area contributed by atoms with Crippen LogP contribution in [0.2, 0.25) is 0 Å². The summed E-state index contributed by atoms with van der Waals surface area (Å²) in [7, 11) is 0. The van der Waals surface area contributed by atoms with Gasteiger partial charge in [0.05, 0.1) is 5.69 Å². The number of aryl methyl sites for hydroxylation is 3. The van der Waals surface area contributed by atoms with Gasteiger partial charge < -0.3 is 14.5 Å². The van der Waals surface area contributed by atoms with Crippen LogP contribution >= 0.6 is 0 Å². The van der Waals surface area contributed by atoms with E-state index in [0.29, 0.717) is 19.1 Å². The summed E-state index contributed by atoms with van der Waals surface area (Å²) in [5.74, 6) is 0. The number of ether oxygens (including phenoxy) is 1.